The summed E-state index contributed by atoms with van der Waals surface area (Å²) in [4.78, 5) is 14.3. The lowest BCUT2D eigenvalue weighted by molar-refractivity contribution is 0.0188. The van der Waals surface area contributed by atoms with Gasteiger partial charge in [0.1, 0.15) is 28.7 Å². The van der Waals surface area contributed by atoms with Crippen LogP contribution in [0.3, 0.4) is 0 Å². The number of nitrogen functional groups attached to an aromatic ring is 1. The third-order valence-corrected chi connectivity index (χ3v) is 7.33. The summed E-state index contributed by atoms with van der Waals surface area (Å²) in [6.45, 7) is 9.75. The Bertz CT molecular complexity index is 1330. The highest BCUT2D eigenvalue weighted by Gasteiger charge is 2.51. The average molecular weight is 488 g/mol. The van der Waals surface area contributed by atoms with E-state index in [1.165, 1.54) is 11.1 Å². The number of nitrogens with two attached hydrogens (primary N) is 1. The minimum Gasteiger partial charge on any atom is -0.444 e. The van der Waals surface area contributed by atoms with E-state index in [2.05, 4.69) is 30.2 Å². The van der Waals surface area contributed by atoms with Crippen LogP contribution in [0, 0.1) is 23.7 Å². The van der Waals surface area contributed by atoms with Crippen molar-refractivity contribution in [1.29, 1.82) is 5.26 Å². The van der Waals surface area contributed by atoms with Gasteiger partial charge in [0.2, 0.25) is 0 Å². The summed E-state index contributed by atoms with van der Waals surface area (Å²) >= 11 is 0. The van der Waals surface area contributed by atoms with Crippen LogP contribution in [0.25, 0.3) is 11.3 Å². The highest BCUT2D eigenvalue weighted by molar-refractivity contribution is 5.72. The third-order valence-electron chi connectivity index (χ3n) is 7.33. The Morgan fingerprint density at radius 2 is 2.06 bits per heavy atom. The van der Waals surface area contributed by atoms with Gasteiger partial charge in [-0.2, -0.15) is 15.5 Å². The molecule has 1 spiro atoms. The number of hydrogen-bond acceptors (Lipinski definition) is 6. The van der Waals surface area contributed by atoms with Crippen molar-refractivity contribution in [3.63, 3.8) is 0 Å². The molecule has 2 aliphatic rings. The maximum Gasteiger partial charge on any atom is 0.410 e. The number of hydrogen-bond donors (Lipinski definition) is 1. The molecule has 188 valence electrons. The fraction of sp³-hybridized carbons (Fsp3) is 0.481. The Labute approximate surface area is 211 Å². The molecule has 2 fully saturated rings. The van der Waals surface area contributed by atoms with Gasteiger partial charge in [0.25, 0.3) is 0 Å². The number of carbonyl (C=O) groups excluding carboxylic acids is 1. The highest BCUT2D eigenvalue weighted by atomic mass is 16.6. The second-order valence-corrected chi connectivity index (χ2v) is 11.2. The lowest BCUT2D eigenvalue weighted by atomic mass is 9.65. The summed E-state index contributed by atoms with van der Waals surface area (Å²) < 4.78 is 9.21. The monoisotopic (exact) mass is 487 g/mol. The molecular weight excluding hydrogens is 454 g/mol. The van der Waals surface area contributed by atoms with E-state index in [0.29, 0.717) is 36.7 Å². The molecule has 1 aliphatic heterocycles. The van der Waals surface area contributed by atoms with E-state index in [1.54, 1.807) is 10.9 Å². The molecule has 1 saturated carbocycles. The van der Waals surface area contributed by atoms with Crippen molar-refractivity contribution >= 4 is 11.9 Å². The molecule has 0 atom stereocenters. The molecular formula is C27H33N7O2. The summed E-state index contributed by atoms with van der Waals surface area (Å²) in [6, 6.07) is 10.6. The number of carbonyl (C=O) groups is 1. The third kappa shape index (κ3) is 4.43. The van der Waals surface area contributed by atoms with E-state index in [4.69, 9.17) is 15.6 Å². The van der Waals surface area contributed by atoms with Crippen LogP contribution in [0.5, 0.6) is 0 Å². The van der Waals surface area contributed by atoms with Crippen LogP contribution in [-0.4, -0.2) is 49.2 Å². The highest BCUT2D eigenvalue weighted by Crippen LogP contribution is 2.54. The summed E-state index contributed by atoms with van der Waals surface area (Å²) in [5.74, 6) is 0.390. The summed E-state index contributed by atoms with van der Waals surface area (Å²) in [6.07, 6.45) is 6.08. The number of ether oxygens (including phenoxy) is 1. The van der Waals surface area contributed by atoms with Crippen LogP contribution in [0.1, 0.15) is 62.8 Å². The molecule has 3 aromatic rings. The minimum absolute atomic E-state index is 0.0609. The topological polar surface area (TPSA) is 115 Å². The van der Waals surface area contributed by atoms with Gasteiger partial charge in [-0.3, -0.25) is 4.68 Å². The van der Waals surface area contributed by atoms with Crippen LogP contribution in [0.4, 0.5) is 10.6 Å². The lowest BCUT2D eigenvalue weighted by Gasteiger charge is -2.45. The molecule has 1 saturated heterocycles. The zero-order chi connectivity index (χ0) is 25.7. The number of likely N-dealkylation sites (tertiary alicyclic amines) is 1. The molecule has 9 nitrogen and oxygen atoms in total. The van der Waals surface area contributed by atoms with Gasteiger partial charge < -0.3 is 15.4 Å². The van der Waals surface area contributed by atoms with E-state index in [-0.39, 0.29) is 17.6 Å². The van der Waals surface area contributed by atoms with Crippen LogP contribution < -0.4 is 5.73 Å². The van der Waals surface area contributed by atoms with Crippen molar-refractivity contribution in [3.8, 4) is 17.3 Å². The lowest BCUT2D eigenvalue weighted by Crippen LogP contribution is -2.43. The smallest absolute Gasteiger partial charge is 0.410 e. The predicted molar refractivity (Wildman–Crippen MR) is 136 cm³/mol. The van der Waals surface area contributed by atoms with Crippen LogP contribution >= 0.6 is 0 Å². The fourth-order valence-electron chi connectivity index (χ4n) is 5.44. The quantitative estimate of drug-likeness (QED) is 0.579. The van der Waals surface area contributed by atoms with Gasteiger partial charge in [-0.1, -0.05) is 24.3 Å². The van der Waals surface area contributed by atoms with Crippen molar-refractivity contribution in [3.05, 3.63) is 53.3 Å². The van der Waals surface area contributed by atoms with Gasteiger partial charge in [-0.15, -0.1) is 0 Å². The van der Waals surface area contributed by atoms with E-state index in [1.807, 2.05) is 48.7 Å². The molecule has 1 aromatic carbocycles. The number of nitrogens with zero attached hydrogens (tertiary/aromatic N) is 6. The summed E-state index contributed by atoms with van der Waals surface area (Å²) in [7, 11) is 0. The van der Waals surface area contributed by atoms with Gasteiger partial charge in [0, 0.05) is 24.8 Å². The summed E-state index contributed by atoms with van der Waals surface area (Å²) in [5.41, 5.74) is 10.1. The standard InChI is InChI=1S/C27H33N7O2/c1-18-7-5-6-8-19(18)15-33-16-20(14-30-33)23-22(13-28)24(29)34(31-23)21-11-27(12-21)9-10-32(17-27)25(35)36-26(2,3)4/h5-8,14,16,21H,9-12,15,17,29H2,1-4H3/t21-,27-. The zero-order valence-corrected chi connectivity index (χ0v) is 21.4. The number of nitriles is 1. The van der Waals surface area contributed by atoms with Crippen molar-refractivity contribution in [2.75, 3.05) is 18.8 Å². The molecule has 9 heteroatoms. The number of benzene rings is 1. The van der Waals surface area contributed by atoms with E-state index < -0.39 is 5.60 Å². The number of anilines is 1. The first-order valence-corrected chi connectivity index (χ1v) is 12.4. The van der Waals surface area contributed by atoms with E-state index in [0.717, 1.165) is 24.8 Å². The molecule has 2 N–H and O–H groups in total. The Morgan fingerprint density at radius 1 is 1.31 bits per heavy atom. The second-order valence-electron chi connectivity index (χ2n) is 11.2. The molecule has 2 aromatic heterocycles. The van der Waals surface area contributed by atoms with Crippen LogP contribution in [0.2, 0.25) is 0 Å². The van der Waals surface area contributed by atoms with E-state index >= 15 is 0 Å². The average Bonchev–Trinajstić information content (AvgIpc) is 3.50. The molecule has 5 rings (SSSR count). The molecule has 36 heavy (non-hydrogen) atoms. The first-order valence-electron chi connectivity index (χ1n) is 12.4. The predicted octanol–water partition coefficient (Wildman–Crippen LogP) is 4.52. The van der Waals surface area contributed by atoms with Gasteiger partial charge in [-0.05, 0) is 63.5 Å². The maximum absolute atomic E-state index is 12.5. The molecule has 3 heterocycles. The Morgan fingerprint density at radius 3 is 2.75 bits per heavy atom. The van der Waals surface area contributed by atoms with E-state index in [9.17, 15) is 10.1 Å². The van der Waals surface area contributed by atoms with Crippen molar-refractivity contribution in [1.82, 2.24) is 24.5 Å². The number of aryl methyl sites for hydroxylation is 1. The van der Waals surface area contributed by atoms with Crippen molar-refractivity contribution in [2.24, 2.45) is 5.41 Å². The number of aromatic nitrogens is 4. The molecule has 0 bridgehead atoms. The molecule has 0 unspecified atom stereocenters. The summed E-state index contributed by atoms with van der Waals surface area (Å²) in [5, 5.41) is 19.1. The SMILES string of the molecule is Cc1ccccc1Cn1cc(-c2nn([C@H]3C[C@@]4(CCN(C(=O)OC(C)(C)C)C4)C3)c(N)c2C#N)cn1. The normalized spacial score (nSPS) is 21.4. The van der Waals surface area contributed by atoms with Crippen LogP contribution in [-0.2, 0) is 11.3 Å². The maximum atomic E-state index is 12.5. The van der Waals surface area contributed by atoms with Gasteiger partial charge in [-0.25, -0.2) is 9.48 Å². The molecule has 0 radical (unpaired) electrons. The van der Waals surface area contributed by atoms with Crippen LogP contribution in [0.15, 0.2) is 36.7 Å². The largest absolute Gasteiger partial charge is 0.444 e. The first-order chi connectivity index (χ1) is 17.1. The van der Waals surface area contributed by atoms with Gasteiger partial charge in [0.05, 0.1) is 18.8 Å². The van der Waals surface area contributed by atoms with Gasteiger partial charge >= 0.3 is 6.09 Å². The Balaban J connectivity index is 1.30. The first kappa shape index (κ1) is 23.9. The Hall–Kier alpha value is -3.80. The zero-order valence-electron chi connectivity index (χ0n) is 21.4. The number of rotatable bonds is 4. The van der Waals surface area contributed by atoms with Crippen molar-refractivity contribution in [2.45, 2.75) is 65.1 Å². The molecule has 1 amide bonds. The fourth-order valence-corrected chi connectivity index (χ4v) is 5.44. The van der Waals surface area contributed by atoms with Gasteiger partial charge in [0.15, 0.2) is 0 Å². The Kier molecular flexibility index (Phi) is 5.78. The minimum atomic E-state index is -0.504. The van der Waals surface area contributed by atoms with Crippen molar-refractivity contribution < 1.29 is 9.53 Å². The second kappa shape index (κ2) is 8.70. The molecule has 1 aliphatic carbocycles. The number of amides is 1.